The van der Waals surface area contributed by atoms with Crippen molar-refractivity contribution in [2.24, 2.45) is 0 Å². The fourth-order valence-corrected chi connectivity index (χ4v) is 3.16. The van der Waals surface area contributed by atoms with Crippen LogP contribution < -0.4 is 4.90 Å². The molecule has 5 nitrogen and oxygen atoms in total. The zero-order chi connectivity index (χ0) is 16.9. The van der Waals surface area contributed by atoms with E-state index in [1.165, 1.54) is 11.3 Å². The van der Waals surface area contributed by atoms with Crippen molar-refractivity contribution in [3.05, 3.63) is 47.9 Å². The zero-order valence-corrected chi connectivity index (χ0v) is 14.4. The molecule has 0 bridgehead atoms. The number of rotatable bonds is 6. The number of benzene rings is 1. The van der Waals surface area contributed by atoms with Crippen molar-refractivity contribution < 1.29 is 4.79 Å². The van der Waals surface area contributed by atoms with Gasteiger partial charge in [0.25, 0.3) is 5.91 Å². The summed E-state index contributed by atoms with van der Waals surface area (Å²) in [6, 6.07) is 8.35. The summed E-state index contributed by atoms with van der Waals surface area (Å²) < 4.78 is 0. The number of carbonyl (C=O) groups excluding carboxylic acids is 1. The fourth-order valence-electron chi connectivity index (χ4n) is 3.16. The summed E-state index contributed by atoms with van der Waals surface area (Å²) in [6.07, 6.45) is 6.23. The summed E-state index contributed by atoms with van der Waals surface area (Å²) in [6.45, 7) is 6.58. The molecule has 1 aliphatic heterocycles. The maximum absolute atomic E-state index is 12.6. The highest BCUT2D eigenvalue weighted by Crippen LogP contribution is 2.32. The molecule has 0 fully saturated rings. The van der Waals surface area contributed by atoms with Crippen LogP contribution in [0.3, 0.4) is 0 Å². The molecule has 0 radical (unpaired) electrons. The molecule has 1 aromatic heterocycles. The standard InChI is InChI=1S/C19H24N4O/c1-3-10-22(11-4-2)19(24)16-13-21-18(14-20-16)23-12-9-15-7-5-6-8-17(15)23/h5-8,13-14H,3-4,9-12H2,1-2H3. The number of anilines is 2. The third-order valence-electron chi connectivity index (χ3n) is 4.30. The second-order valence-electron chi connectivity index (χ2n) is 6.08. The van der Waals surface area contributed by atoms with Gasteiger partial charge in [-0.15, -0.1) is 0 Å². The molecule has 0 unspecified atom stereocenters. The van der Waals surface area contributed by atoms with Crippen molar-refractivity contribution in [2.45, 2.75) is 33.1 Å². The van der Waals surface area contributed by atoms with E-state index >= 15 is 0 Å². The third-order valence-corrected chi connectivity index (χ3v) is 4.30. The summed E-state index contributed by atoms with van der Waals surface area (Å²) in [4.78, 5) is 25.5. The zero-order valence-electron chi connectivity index (χ0n) is 14.4. The van der Waals surface area contributed by atoms with Crippen LogP contribution in [-0.2, 0) is 6.42 Å². The van der Waals surface area contributed by atoms with Crippen LogP contribution in [0, 0.1) is 0 Å². The predicted octanol–water partition coefficient (Wildman–Crippen LogP) is 3.43. The molecule has 24 heavy (non-hydrogen) atoms. The molecule has 3 rings (SSSR count). The molecule has 2 aromatic rings. The van der Waals surface area contributed by atoms with Gasteiger partial charge in [-0.1, -0.05) is 32.0 Å². The van der Waals surface area contributed by atoms with Gasteiger partial charge in [-0.2, -0.15) is 0 Å². The minimum atomic E-state index is -0.0282. The molecule has 0 aliphatic carbocycles. The lowest BCUT2D eigenvalue weighted by Gasteiger charge is -2.21. The van der Waals surface area contributed by atoms with Crippen LogP contribution in [0.4, 0.5) is 11.5 Å². The van der Waals surface area contributed by atoms with Crippen LogP contribution in [-0.4, -0.2) is 40.4 Å². The average molecular weight is 324 g/mol. The van der Waals surface area contributed by atoms with Gasteiger partial charge >= 0.3 is 0 Å². The Morgan fingerprint density at radius 2 is 1.88 bits per heavy atom. The highest BCUT2D eigenvalue weighted by Gasteiger charge is 2.22. The topological polar surface area (TPSA) is 49.3 Å². The number of carbonyl (C=O) groups is 1. The first kappa shape index (κ1) is 16.4. The van der Waals surface area contributed by atoms with Crippen LogP contribution in [0.15, 0.2) is 36.7 Å². The quantitative estimate of drug-likeness (QED) is 0.817. The van der Waals surface area contributed by atoms with Gasteiger partial charge < -0.3 is 9.80 Å². The number of hydrogen-bond donors (Lipinski definition) is 0. The van der Waals surface area contributed by atoms with Crippen molar-refractivity contribution in [3.8, 4) is 0 Å². The van der Waals surface area contributed by atoms with Crippen LogP contribution in [0.2, 0.25) is 0 Å². The molecular formula is C19H24N4O. The summed E-state index contributed by atoms with van der Waals surface area (Å²) in [5, 5.41) is 0. The molecule has 2 heterocycles. The van der Waals surface area contributed by atoms with E-state index in [-0.39, 0.29) is 5.91 Å². The number of hydrogen-bond acceptors (Lipinski definition) is 4. The van der Waals surface area contributed by atoms with E-state index in [4.69, 9.17) is 0 Å². The van der Waals surface area contributed by atoms with Gasteiger partial charge in [0.15, 0.2) is 5.82 Å². The van der Waals surface area contributed by atoms with Crippen LogP contribution >= 0.6 is 0 Å². The lowest BCUT2D eigenvalue weighted by atomic mass is 10.2. The van der Waals surface area contributed by atoms with Crippen molar-refractivity contribution in [3.63, 3.8) is 0 Å². The van der Waals surface area contributed by atoms with Crippen LogP contribution in [0.1, 0.15) is 42.7 Å². The highest BCUT2D eigenvalue weighted by molar-refractivity contribution is 5.92. The Morgan fingerprint density at radius 3 is 2.54 bits per heavy atom. The van der Waals surface area contributed by atoms with Crippen molar-refractivity contribution in [1.29, 1.82) is 0 Å². The number of para-hydroxylation sites is 1. The van der Waals surface area contributed by atoms with Crippen LogP contribution in [0.5, 0.6) is 0 Å². The Balaban J connectivity index is 1.77. The summed E-state index contributed by atoms with van der Waals surface area (Å²) >= 11 is 0. The molecule has 5 heteroatoms. The van der Waals surface area contributed by atoms with Gasteiger partial charge in [0, 0.05) is 25.3 Å². The Kier molecular flexibility index (Phi) is 5.08. The summed E-state index contributed by atoms with van der Waals surface area (Å²) in [7, 11) is 0. The normalized spacial score (nSPS) is 13.0. The lowest BCUT2D eigenvalue weighted by Crippen LogP contribution is -2.33. The number of nitrogens with zero attached hydrogens (tertiary/aromatic N) is 4. The molecule has 1 amide bonds. The second kappa shape index (κ2) is 7.43. The molecule has 0 atom stereocenters. The van der Waals surface area contributed by atoms with Gasteiger partial charge in [0.05, 0.1) is 12.4 Å². The predicted molar refractivity (Wildman–Crippen MR) is 95.7 cm³/mol. The lowest BCUT2D eigenvalue weighted by molar-refractivity contribution is 0.0749. The molecular weight excluding hydrogens is 300 g/mol. The molecule has 1 aliphatic rings. The first-order valence-electron chi connectivity index (χ1n) is 8.71. The maximum Gasteiger partial charge on any atom is 0.274 e. The van der Waals surface area contributed by atoms with Crippen molar-refractivity contribution in [2.75, 3.05) is 24.5 Å². The van der Waals surface area contributed by atoms with Crippen LogP contribution in [0.25, 0.3) is 0 Å². The maximum atomic E-state index is 12.6. The van der Waals surface area contributed by atoms with Gasteiger partial charge in [-0.25, -0.2) is 9.97 Å². The summed E-state index contributed by atoms with van der Waals surface area (Å²) in [5.74, 6) is 0.772. The first-order chi connectivity index (χ1) is 11.7. The van der Waals surface area contributed by atoms with E-state index in [1.54, 1.807) is 12.4 Å². The third kappa shape index (κ3) is 3.25. The Hall–Kier alpha value is -2.43. The van der Waals surface area contributed by atoms with Gasteiger partial charge in [-0.3, -0.25) is 4.79 Å². The van der Waals surface area contributed by atoms with Gasteiger partial charge in [0.1, 0.15) is 5.69 Å². The Morgan fingerprint density at radius 1 is 1.12 bits per heavy atom. The number of aromatic nitrogens is 2. The highest BCUT2D eigenvalue weighted by atomic mass is 16.2. The van der Waals surface area contributed by atoms with E-state index in [0.717, 1.165) is 44.7 Å². The SMILES string of the molecule is CCCN(CCC)C(=O)c1cnc(N2CCc3ccccc32)cn1. The monoisotopic (exact) mass is 324 g/mol. The van der Waals surface area contributed by atoms with Crippen molar-refractivity contribution in [1.82, 2.24) is 14.9 Å². The minimum Gasteiger partial charge on any atom is -0.337 e. The van der Waals surface area contributed by atoms with E-state index in [9.17, 15) is 4.79 Å². The smallest absolute Gasteiger partial charge is 0.274 e. The Bertz CT molecular complexity index is 693. The van der Waals surface area contributed by atoms with Gasteiger partial charge in [0.2, 0.25) is 0 Å². The molecule has 1 aromatic carbocycles. The van der Waals surface area contributed by atoms with E-state index in [2.05, 4.69) is 46.9 Å². The average Bonchev–Trinajstić information content (AvgIpc) is 3.05. The molecule has 126 valence electrons. The number of fused-ring (bicyclic) bond motifs is 1. The molecule has 0 spiro atoms. The van der Waals surface area contributed by atoms with Crippen molar-refractivity contribution >= 4 is 17.4 Å². The van der Waals surface area contributed by atoms with Gasteiger partial charge in [-0.05, 0) is 30.9 Å². The molecule has 0 saturated heterocycles. The second-order valence-corrected chi connectivity index (χ2v) is 6.08. The first-order valence-corrected chi connectivity index (χ1v) is 8.71. The minimum absolute atomic E-state index is 0.0282. The fraction of sp³-hybridized carbons (Fsp3) is 0.421. The summed E-state index contributed by atoms with van der Waals surface area (Å²) in [5.41, 5.74) is 2.94. The van der Waals surface area contributed by atoms with E-state index in [0.29, 0.717) is 5.69 Å². The molecule has 0 saturated carbocycles. The largest absolute Gasteiger partial charge is 0.337 e. The molecule has 0 N–H and O–H groups in total. The van der Waals surface area contributed by atoms with E-state index < -0.39 is 0 Å². The number of amides is 1. The van der Waals surface area contributed by atoms with E-state index in [1.807, 2.05) is 11.0 Å². The Labute approximate surface area is 143 Å².